The first-order valence-corrected chi connectivity index (χ1v) is 8.72. The average Bonchev–Trinajstić information content (AvgIpc) is 3.18. The normalized spacial score (nSPS) is 38.4. The highest BCUT2D eigenvalue weighted by Gasteiger charge is 2.53. The van der Waals surface area contributed by atoms with E-state index in [1.807, 2.05) is 6.92 Å². The zero-order valence-electron chi connectivity index (χ0n) is 14.4. The summed E-state index contributed by atoms with van der Waals surface area (Å²) in [6.07, 6.45) is 5.56. The Labute approximate surface area is 146 Å². The minimum absolute atomic E-state index is 0.0598. The van der Waals surface area contributed by atoms with Gasteiger partial charge < -0.3 is 19.3 Å². The fourth-order valence-electron chi connectivity index (χ4n) is 4.48. The SMILES string of the molecule is CC1=CC(O/C=C2/C(=O)O[C@@H]3C4=C(CCC[C@@]4(C)CO)C[C@H]23)OC1=O. The van der Waals surface area contributed by atoms with E-state index in [-0.39, 0.29) is 24.0 Å². The standard InChI is InChI=1S/C19H22O6/c1-10-6-14(24-17(10)21)23-8-13-12-7-11-4-3-5-19(2,9-20)15(11)16(12)25-18(13)22/h6,8,12,14,16,20H,3-5,7,9H2,1-2H3/b13-8+/t12-,14?,16+,19+/m1/s1. The number of rotatable bonds is 3. The zero-order chi connectivity index (χ0) is 17.8. The van der Waals surface area contributed by atoms with Crippen molar-refractivity contribution in [2.45, 2.75) is 51.9 Å². The van der Waals surface area contributed by atoms with Gasteiger partial charge in [0.2, 0.25) is 0 Å². The van der Waals surface area contributed by atoms with Crippen LogP contribution in [0.2, 0.25) is 0 Å². The molecular formula is C19H22O6. The lowest BCUT2D eigenvalue weighted by Crippen LogP contribution is -2.33. The Morgan fingerprint density at radius 3 is 2.84 bits per heavy atom. The van der Waals surface area contributed by atoms with Crippen LogP contribution in [0.4, 0.5) is 0 Å². The van der Waals surface area contributed by atoms with Gasteiger partial charge in [0.25, 0.3) is 6.29 Å². The molecule has 0 aromatic rings. The average molecular weight is 346 g/mol. The molecule has 1 saturated heterocycles. The number of cyclic esters (lactones) is 1. The van der Waals surface area contributed by atoms with Crippen molar-refractivity contribution in [3.05, 3.63) is 34.6 Å². The van der Waals surface area contributed by atoms with Crippen LogP contribution in [-0.2, 0) is 23.8 Å². The number of ether oxygens (including phenoxy) is 3. The molecule has 1 fully saturated rings. The minimum Gasteiger partial charge on any atom is -0.458 e. The van der Waals surface area contributed by atoms with Crippen molar-refractivity contribution in [2.24, 2.45) is 11.3 Å². The number of hydrogen-bond acceptors (Lipinski definition) is 6. The van der Waals surface area contributed by atoms with Crippen LogP contribution in [0, 0.1) is 11.3 Å². The van der Waals surface area contributed by atoms with Crippen molar-refractivity contribution >= 4 is 11.9 Å². The maximum Gasteiger partial charge on any atom is 0.338 e. The summed E-state index contributed by atoms with van der Waals surface area (Å²) in [5, 5.41) is 9.88. The molecule has 2 heterocycles. The third-order valence-electron chi connectivity index (χ3n) is 5.83. The molecule has 25 heavy (non-hydrogen) atoms. The second kappa shape index (κ2) is 5.73. The largest absolute Gasteiger partial charge is 0.458 e. The topological polar surface area (TPSA) is 82.1 Å². The van der Waals surface area contributed by atoms with E-state index in [0.29, 0.717) is 11.1 Å². The summed E-state index contributed by atoms with van der Waals surface area (Å²) in [6, 6.07) is 0. The van der Waals surface area contributed by atoms with E-state index in [1.54, 1.807) is 13.0 Å². The number of fused-ring (bicyclic) bond motifs is 2. The molecule has 0 amide bonds. The van der Waals surface area contributed by atoms with E-state index in [9.17, 15) is 14.7 Å². The Morgan fingerprint density at radius 2 is 2.16 bits per heavy atom. The third-order valence-corrected chi connectivity index (χ3v) is 5.83. The molecule has 2 aliphatic carbocycles. The molecule has 6 nitrogen and oxygen atoms in total. The molecule has 2 aliphatic heterocycles. The third kappa shape index (κ3) is 2.51. The van der Waals surface area contributed by atoms with Gasteiger partial charge >= 0.3 is 11.9 Å². The second-order valence-corrected chi connectivity index (χ2v) is 7.56. The van der Waals surface area contributed by atoms with E-state index in [2.05, 4.69) is 0 Å². The summed E-state index contributed by atoms with van der Waals surface area (Å²) in [4.78, 5) is 23.7. The molecule has 6 heteroatoms. The molecule has 1 N–H and O–H groups in total. The van der Waals surface area contributed by atoms with Crippen LogP contribution in [0.3, 0.4) is 0 Å². The minimum atomic E-state index is -0.793. The van der Waals surface area contributed by atoms with Gasteiger partial charge in [0.1, 0.15) is 6.10 Å². The number of aliphatic hydroxyl groups excluding tert-OH is 1. The molecule has 0 aromatic carbocycles. The van der Waals surface area contributed by atoms with Crippen LogP contribution in [0.25, 0.3) is 0 Å². The Bertz CT molecular complexity index is 730. The first-order valence-electron chi connectivity index (χ1n) is 8.72. The second-order valence-electron chi connectivity index (χ2n) is 7.56. The first kappa shape index (κ1) is 16.4. The van der Waals surface area contributed by atoms with E-state index < -0.39 is 18.2 Å². The molecule has 1 unspecified atom stereocenters. The van der Waals surface area contributed by atoms with Gasteiger partial charge in [-0.1, -0.05) is 12.5 Å². The van der Waals surface area contributed by atoms with Crippen LogP contribution in [-0.4, -0.2) is 36.0 Å². The van der Waals surface area contributed by atoms with Gasteiger partial charge in [-0.25, -0.2) is 9.59 Å². The van der Waals surface area contributed by atoms with Crippen LogP contribution in [0.1, 0.15) is 39.5 Å². The molecule has 4 rings (SSSR count). The van der Waals surface area contributed by atoms with Crippen molar-refractivity contribution in [3.63, 3.8) is 0 Å². The van der Waals surface area contributed by atoms with Gasteiger partial charge in [0, 0.05) is 23.0 Å². The van der Waals surface area contributed by atoms with Crippen LogP contribution >= 0.6 is 0 Å². The summed E-state index contributed by atoms with van der Waals surface area (Å²) >= 11 is 0. The van der Waals surface area contributed by atoms with Crippen LogP contribution in [0.15, 0.2) is 34.6 Å². The Hall–Kier alpha value is -2.08. The molecule has 0 radical (unpaired) electrons. The summed E-state index contributed by atoms with van der Waals surface area (Å²) in [5.74, 6) is -0.881. The van der Waals surface area contributed by atoms with Crippen molar-refractivity contribution < 1.29 is 28.9 Å². The van der Waals surface area contributed by atoms with Crippen molar-refractivity contribution in [1.82, 2.24) is 0 Å². The molecule has 0 bridgehead atoms. The van der Waals surface area contributed by atoms with E-state index in [0.717, 1.165) is 31.3 Å². The molecule has 0 aromatic heterocycles. The summed E-state index contributed by atoms with van der Waals surface area (Å²) in [5.41, 5.74) is 3.07. The highest BCUT2D eigenvalue weighted by atomic mass is 16.7. The number of hydrogen-bond donors (Lipinski definition) is 1. The van der Waals surface area contributed by atoms with Crippen molar-refractivity contribution in [1.29, 1.82) is 0 Å². The fourth-order valence-corrected chi connectivity index (χ4v) is 4.48. The molecule has 0 saturated carbocycles. The van der Waals surface area contributed by atoms with Gasteiger partial charge in [-0.2, -0.15) is 0 Å². The maximum atomic E-state index is 12.3. The molecule has 4 aliphatic rings. The van der Waals surface area contributed by atoms with Crippen molar-refractivity contribution in [3.8, 4) is 0 Å². The van der Waals surface area contributed by atoms with E-state index in [1.165, 1.54) is 11.8 Å². The number of carbonyl (C=O) groups excluding carboxylic acids is 2. The smallest absolute Gasteiger partial charge is 0.338 e. The number of allylic oxidation sites excluding steroid dienone is 1. The summed E-state index contributed by atoms with van der Waals surface area (Å²) in [7, 11) is 0. The van der Waals surface area contributed by atoms with Gasteiger partial charge in [-0.3, -0.25) is 0 Å². The molecular weight excluding hydrogens is 324 g/mol. The first-order chi connectivity index (χ1) is 11.9. The van der Waals surface area contributed by atoms with Gasteiger partial charge in [-0.05, 0) is 38.2 Å². The fraction of sp³-hybridized carbons (Fsp3) is 0.579. The predicted molar refractivity (Wildman–Crippen MR) is 86.9 cm³/mol. The number of esters is 2. The maximum absolute atomic E-state index is 12.3. The lowest BCUT2D eigenvalue weighted by molar-refractivity contribution is -0.152. The van der Waals surface area contributed by atoms with Gasteiger partial charge in [0.15, 0.2) is 0 Å². The van der Waals surface area contributed by atoms with Crippen LogP contribution < -0.4 is 0 Å². The highest BCUT2D eigenvalue weighted by Crippen LogP contribution is 2.54. The monoisotopic (exact) mass is 346 g/mol. The Kier molecular flexibility index (Phi) is 3.76. The summed E-state index contributed by atoms with van der Waals surface area (Å²) in [6.45, 7) is 3.76. The number of aliphatic hydroxyl groups is 1. The zero-order valence-corrected chi connectivity index (χ0v) is 14.4. The summed E-state index contributed by atoms with van der Waals surface area (Å²) < 4.78 is 16.2. The molecule has 0 spiro atoms. The lowest BCUT2D eigenvalue weighted by Gasteiger charge is -2.36. The van der Waals surface area contributed by atoms with Crippen molar-refractivity contribution in [2.75, 3.05) is 6.61 Å². The predicted octanol–water partition coefficient (Wildman–Crippen LogP) is 2.14. The quantitative estimate of drug-likeness (QED) is 0.365. The van der Waals surface area contributed by atoms with Gasteiger partial charge in [0.05, 0.1) is 18.4 Å². The van der Waals surface area contributed by atoms with E-state index in [4.69, 9.17) is 14.2 Å². The van der Waals surface area contributed by atoms with E-state index >= 15 is 0 Å². The Morgan fingerprint density at radius 1 is 1.36 bits per heavy atom. The molecule has 134 valence electrons. The highest BCUT2D eigenvalue weighted by molar-refractivity contribution is 5.92. The number of carbonyl (C=O) groups is 2. The lowest BCUT2D eigenvalue weighted by atomic mass is 9.71. The molecule has 4 atom stereocenters. The van der Waals surface area contributed by atoms with Gasteiger partial charge in [-0.15, -0.1) is 0 Å². The van der Waals surface area contributed by atoms with Crippen LogP contribution in [0.5, 0.6) is 0 Å². The Balaban J connectivity index is 1.56.